The molecule has 5 rings (SSSR count). The van der Waals surface area contributed by atoms with Gasteiger partial charge < -0.3 is 15.2 Å². The van der Waals surface area contributed by atoms with Crippen molar-refractivity contribution in [2.75, 3.05) is 19.7 Å². The molecule has 4 aromatic rings. The molecule has 0 saturated heterocycles. The summed E-state index contributed by atoms with van der Waals surface area (Å²) in [6, 6.07) is 8.41. The number of imidazole rings is 1. The summed E-state index contributed by atoms with van der Waals surface area (Å²) in [4.78, 5) is 7.89. The van der Waals surface area contributed by atoms with Gasteiger partial charge in [-0.1, -0.05) is 13.0 Å². The molecule has 0 amide bonds. The highest BCUT2D eigenvalue weighted by molar-refractivity contribution is 7.87. The van der Waals surface area contributed by atoms with E-state index in [4.69, 9.17) is 5.11 Å². The Kier molecular flexibility index (Phi) is 6.05. The maximum Gasteiger partial charge on any atom is 0.279 e. The van der Waals surface area contributed by atoms with Crippen LogP contribution in [0, 0.1) is 5.82 Å². The summed E-state index contributed by atoms with van der Waals surface area (Å²) < 4.78 is 42.5. The predicted molar refractivity (Wildman–Crippen MR) is 128 cm³/mol. The standard InChI is InChI=1S/C23H25FN6O4S/c1-2-13-10-21(32)17(24)11-16(13)14-3-4-15-19(9-14)28-29-22(15)23-26-18-5-7-30(12-20(18)27-23)35(33,34)25-6-8-31/h3-4,9-11,25,31-32H,2,5-8,12H2,1H3,(H,26,27)(H,28,29). The number of H-pyrrole nitrogens is 2. The molecule has 0 unspecified atom stereocenters. The van der Waals surface area contributed by atoms with Crippen LogP contribution in [0.4, 0.5) is 4.39 Å². The number of aliphatic hydroxyl groups excluding tert-OH is 1. The van der Waals surface area contributed by atoms with E-state index in [1.165, 1.54) is 16.4 Å². The predicted octanol–water partition coefficient (Wildman–Crippen LogP) is 2.21. The topological polar surface area (TPSA) is 147 Å². The fraction of sp³-hybridized carbons (Fsp3) is 0.304. The number of nitrogens with zero attached hydrogens (tertiary/aromatic N) is 3. The number of aromatic amines is 2. The molecule has 5 N–H and O–H groups in total. The fourth-order valence-electron chi connectivity index (χ4n) is 4.38. The van der Waals surface area contributed by atoms with Gasteiger partial charge in [0.1, 0.15) is 5.69 Å². The Hall–Kier alpha value is -3.32. The van der Waals surface area contributed by atoms with Crippen molar-refractivity contribution in [2.24, 2.45) is 0 Å². The number of phenols is 1. The van der Waals surface area contributed by atoms with Crippen LogP contribution in [-0.2, 0) is 29.6 Å². The van der Waals surface area contributed by atoms with Crippen molar-refractivity contribution < 1.29 is 23.0 Å². The number of halogens is 1. The van der Waals surface area contributed by atoms with Crippen LogP contribution < -0.4 is 4.72 Å². The molecular formula is C23H25FN6O4S. The second-order valence-corrected chi connectivity index (χ2v) is 10.1. The first kappa shape index (κ1) is 23.4. The Balaban J connectivity index is 1.46. The smallest absolute Gasteiger partial charge is 0.279 e. The van der Waals surface area contributed by atoms with Crippen LogP contribution in [0.1, 0.15) is 23.9 Å². The van der Waals surface area contributed by atoms with Crippen molar-refractivity contribution in [2.45, 2.75) is 26.3 Å². The van der Waals surface area contributed by atoms with Crippen molar-refractivity contribution in [3.8, 4) is 28.4 Å². The number of aryl methyl sites for hydroxylation is 1. The first-order chi connectivity index (χ1) is 16.8. The van der Waals surface area contributed by atoms with Gasteiger partial charge in [-0.3, -0.25) is 5.10 Å². The normalized spacial score (nSPS) is 14.5. The molecule has 12 heteroatoms. The van der Waals surface area contributed by atoms with Crippen LogP contribution in [0.5, 0.6) is 5.75 Å². The highest BCUT2D eigenvalue weighted by Crippen LogP contribution is 2.34. The molecule has 0 fully saturated rings. The number of rotatable bonds is 7. The summed E-state index contributed by atoms with van der Waals surface area (Å²) in [5.41, 5.74) is 5.13. The third kappa shape index (κ3) is 4.29. The van der Waals surface area contributed by atoms with Crippen molar-refractivity contribution in [1.29, 1.82) is 0 Å². The van der Waals surface area contributed by atoms with E-state index in [1.54, 1.807) is 0 Å². The van der Waals surface area contributed by atoms with Gasteiger partial charge in [0.2, 0.25) is 0 Å². The lowest BCUT2D eigenvalue weighted by atomic mass is 9.96. The van der Waals surface area contributed by atoms with E-state index in [0.29, 0.717) is 42.2 Å². The maximum atomic E-state index is 14.1. The van der Waals surface area contributed by atoms with E-state index in [0.717, 1.165) is 27.7 Å². The zero-order valence-corrected chi connectivity index (χ0v) is 19.8. The molecule has 0 radical (unpaired) electrons. The monoisotopic (exact) mass is 500 g/mol. The average Bonchev–Trinajstić information content (AvgIpc) is 3.47. The van der Waals surface area contributed by atoms with Gasteiger partial charge in [-0.2, -0.15) is 22.5 Å². The van der Waals surface area contributed by atoms with Crippen LogP contribution in [0.3, 0.4) is 0 Å². The molecule has 3 heterocycles. The summed E-state index contributed by atoms with van der Waals surface area (Å²) in [6.45, 7) is 2.03. The van der Waals surface area contributed by atoms with Crippen LogP contribution in [0.2, 0.25) is 0 Å². The van der Waals surface area contributed by atoms with Crippen molar-refractivity contribution in [3.05, 3.63) is 53.1 Å². The van der Waals surface area contributed by atoms with Gasteiger partial charge in [0.25, 0.3) is 10.2 Å². The van der Waals surface area contributed by atoms with Crippen molar-refractivity contribution in [1.82, 2.24) is 29.2 Å². The number of phenolic OH excluding ortho intramolecular Hbond substituents is 1. The van der Waals surface area contributed by atoms with Crippen LogP contribution in [-0.4, -0.2) is 62.8 Å². The first-order valence-corrected chi connectivity index (χ1v) is 12.7. The van der Waals surface area contributed by atoms with Gasteiger partial charge in [0.05, 0.1) is 24.4 Å². The number of benzene rings is 2. The lowest BCUT2D eigenvalue weighted by molar-refractivity contribution is 0.297. The molecule has 2 aromatic heterocycles. The molecule has 35 heavy (non-hydrogen) atoms. The number of aromatic hydroxyl groups is 1. The second-order valence-electron chi connectivity index (χ2n) is 8.36. The van der Waals surface area contributed by atoms with E-state index in [2.05, 4.69) is 24.9 Å². The highest BCUT2D eigenvalue weighted by Gasteiger charge is 2.29. The molecule has 0 spiro atoms. The first-order valence-electron chi connectivity index (χ1n) is 11.2. The van der Waals surface area contributed by atoms with Crippen molar-refractivity contribution >= 4 is 21.1 Å². The SMILES string of the molecule is CCc1cc(O)c(F)cc1-c1ccc2c(-c3nc4c([nH]3)CCN(S(=O)(=O)NCCO)C4)n[nH]c2c1. The number of aliphatic hydroxyl groups is 1. The lowest BCUT2D eigenvalue weighted by Crippen LogP contribution is -2.44. The molecule has 1 aliphatic heterocycles. The molecule has 0 bridgehead atoms. The minimum atomic E-state index is -3.70. The zero-order chi connectivity index (χ0) is 24.7. The second kappa shape index (κ2) is 9.04. The van der Waals surface area contributed by atoms with Crippen LogP contribution in [0.25, 0.3) is 33.5 Å². The van der Waals surface area contributed by atoms with E-state index in [1.807, 2.05) is 25.1 Å². The van der Waals surface area contributed by atoms with Crippen LogP contribution >= 0.6 is 0 Å². The quantitative estimate of drug-likeness (QED) is 0.263. The third-order valence-electron chi connectivity index (χ3n) is 6.19. The fourth-order valence-corrected chi connectivity index (χ4v) is 5.54. The van der Waals surface area contributed by atoms with Gasteiger partial charge in [0, 0.05) is 30.6 Å². The number of nitrogens with one attached hydrogen (secondary N) is 3. The minimum Gasteiger partial charge on any atom is -0.505 e. The summed E-state index contributed by atoms with van der Waals surface area (Å²) in [6.07, 6.45) is 1.11. The van der Waals surface area contributed by atoms with Gasteiger partial charge in [-0.05, 0) is 47.4 Å². The number of aromatic nitrogens is 4. The Morgan fingerprint density at radius 1 is 1.26 bits per heavy atom. The highest BCUT2D eigenvalue weighted by atomic mass is 32.2. The molecular weight excluding hydrogens is 475 g/mol. The van der Waals surface area contributed by atoms with E-state index >= 15 is 0 Å². The van der Waals surface area contributed by atoms with Gasteiger partial charge in [-0.25, -0.2) is 9.37 Å². The summed E-state index contributed by atoms with van der Waals surface area (Å²) in [5.74, 6) is -0.513. The summed E-state index contributed by atoms with van der Waals surface area (Å²) in [7, 11) is -3.70. The molecule has 10 nitrogen and oxygen atoms in total. The molecule has 1 aliphatic rings. The maximum absolute atomic E-state index is 14.1. The van der Waals surface area contributed by atoms with E-state index in [9.17, 15) is 17.9 Å². The molecule has 184 valence electrons. The lowest BCUT2D eigenvalue weighted by Gasteiger charge is -2.25. The molecule has 0 atom stereocenters. The van der Waals surface area contributed by atoms with Crippen molar-refractivity contribution in [3.63, 3.8) is 0 Å². The zero-order valence-electron chi connectivity index (χ0n) is 19.0. The van der Waals surface area contributed by atoms with Gasteiger partial charge >= 0.3 is 0 Å². The Morgan fingerprint density at radius 3 is 2.86 bits per heavy atom. The van der Waals surface area contributed by atoms with E-state index in [-0.39, 0.29) is 25.4 Å². The minimum absolute atomic E-state index is 0.0463. The molecule has 0 aliphatic carbocycles. The molecule has 2 aromatic carbocycles. The summed E-state index contributed by atoms with van der Waals surface area (Å²) >= 11 is 0. The Morgan fingerprint density at radius 2 is 2.09 bits per heavy atom. The van der Waals surface area contributed by atoms with E-state index < -0.39 is 16.0 Å². The third-order valence-corrected chi connectivity index (χ3v) is 7.75. The average molecular weight is 501 g/mol. The van der Waals surface area contributed by atoms with Crippen LogP contribution in [0.15, 0.2) is 30.3 Å². The van der Waals surface area contributed by atoms with Gasteiger partial charge in [0.15, 0.2) is 17.4 Å². The summed E-state index contributed by atoms with van der Waals surface area (Å²) in [5, 5.41) is 26.9. The number of fused-ring (bicyclic) bond motifs is 2. The number of hydrogen-bond donors (Lipinski definition) is 5. The van der Waals surface area contributed by atoms with Gasteiger partial charge in [-0.15, -0.1) is 0 Å². The largest absolute Gasteiger partial charge is 0.505 e. The number of hydrogen-bond acceptors (Lipinski definition) is 6. The Bertz CT molecular complexity index is 1510. The Labute approximate surface area is 201 Å². The molecule has 0 saturated carbocycles.